The maximum atomic E-state index is 11.1. The molecule has 0 aliphatic heterocycles. The van der Waals surface area contributed by atoms with Crippen molar-refractivity contribution in [1.82, 2.24) is 5.32 Å². The van der Waals surface area contributed by atoms with Gasteiger partial charge in [-0.15, -0.1) is 0 Å². The van der Waals surface area contributed by atoms with Crippen molar-refractivity contribution in [3.63, 3.8) is 0 Å². The Bertz CT molecular complexity index is 222. The van der Waals surface area contributed by atoms with Gasteiger partial charge in [-0.3, -0.25) is 4.79 Å². The number of nitrogens with one attached hydrogen (secondary N) is 1. The van der Waals surface area contributed by atoms with E-state index >= 15 is 0 Å². The zero-order valence-corrected chi connectivity index (χ0v) is 11.5. The number of hydrogen-bond acceptors (Lipinski definition) is 3. The van der Waals surface area contributed by atoms with Crippen molar-refractivity contribution in [3.05, 3.63) is 0 Å². The molecule has 1 unspecified atom stereocenters. The van der Waals surface area contributed by atoms with Gasteiger partial charge in [-0.1, -0.05) is 32.6 Å². The van der Waals surface area contributed by atoms with E-state index in [4.69, 9.17) is 0 Å². The lowest BCUT2D eigenvalue weighted by Crippen LogP contribution is -2.31. The fourth-order valence-corrected chi connectivity index (χ4v) is 2.56. The average molecular weight is 241 g/mol. The predicted molar refractivity (Wildman–Crippen MR) is 69.8 cm³/mol. The number of methoxy groups -OCH3 is 1. The lowest BCUT2D eigenvalue weighted by Gasteiger charge is -2.26. The Morgan fingerprint density at radius 3 is 2.59 bits per heavy atom. The van der Waals surface area contributed by atoms with Crippen molar-refractivity contribution in [1.29, 1.82) is 0 Å². The third-order valence-corrected chi connectivity index (χ3v) is 3.88. The van der Waals surface area contributed by atoms with E-state index in [1.165, 1.54) is 39.2 Å². The number of carbonyl (C=O) groups excluding carboxylic acids is 1. The van der Waals surface area contributed by atoms with Crippen LogP contribution in [0.5, 0.6) is 0 Å². The number of rotatable bonds is 6. The van der Waals surface area contributed by atoms with E-state index in [9.17, 15) is 4.79 Å². The highest BCUT2D eigenvalue weighted by atomic mass is 16.5. The number of carbonyl (C=O) groups is 1. The van der Waals surface area contributed by atoms with Gasteiger partial charge >= 0.3 is 5.97 Å². The molecule has 100 valence electrons. The highest BCUT2D eigenvalue weighted by Gasteiger charge is 2.18. The summed E-state index contributed by atoms with van der Waals surface area (Å²) in [4.78, 5) is 11.1. The molecule has 1 aliphatic carbocycles. The molecule has 1 fully saturated rings. The molecule has 1 aliphatic rings. The quantitative estimate of drug-likeness (QED) is 0.727. The summed E-state index contributed by atoms with van der Waals surface area (Å²) < 4.78 is 4.65. The average Bonchev–Trinajstić information content (AvgIpc) is 2.31. The first-order valence-electron chi connectivity index (χ1n) is 6.92. The summed E-state index contributed by atoms with van der Waals surface area (Å²) in [5.74, 6) is 1.69. The van der Waals surface area contributed by atoms with E-state index in [1.54, 1.807) is 0 Å². The van der Waals surface area contributed by atoms with Gasteiger partial charge in [0.2, 0.25) is 0 Å². The van der Waals surface area contributed by atoms with Crippen LogP contribution >= 0.6 is 0 Å². The van der Waals surface area contributed by atoms with Gasteiger partial charge in [0.05, 0.1) is 13.5 Å². The second kappa shape index (κ2) is 7.70. The Morgan fingerprint density at radius 1 is 1.35 bits per heavy atom. The maximum Gasteiger partial charge on any atom is 0.307 e. The van der Waals surface area contributed by atoms with E-state index in [1.807, 2.05) is 6.92 Å². The molecule has 1 N–H and O–H groups in total. The summed E-state index contributed by atoms with van der Waals surface area (Å²) in [6, 6.07) is 0.227. The molecular weight excluding hydrogens is 214 g/mol. The van der Waals surface area contributed by atoms with Gasteiger partial charge in [0.1, 0.15) is 0 Å². The third-order valence-electron chi connectivity index (χ3n) is 3.88. The molecule has 3 nitrogen and oxygen atoms in total. The van der Waals surface area contributed by atoms with Gasteiger partial charge in [0, 0.05) is 6.04 Å². The first-order chi connectivity index (χ1) is 8.11. The van der Waals surface area contributed by atoms with Gasteiger partial charge < -0.3 is 10.1 Å². The van der Waals surface area contributed by atoms with Crippen LogP contribution in [0.3, 0.4) is 0 Å². The van der Waals surface area contributed by atoms with E-state index in [0.717, 1.165) is 18.4 Å². The van der Waals surface area contributed by atoms with Crippen LogP contribution in [-0.2, 0) is 9.53 Å². The first kappa shape index (κ1) is 14.5. The maximum absolute atomic E-state index is 11.1. The van der Waals surface area contributed by atoms with Crippen LogP contribution in [0.1, 0.15) is 52.4 Å². The van der Waals surface area contributed by atoms with Crippen LogP contribution in [-0.4, -0.2) is 25.7 Å². The molecule has 0 aromatic rings. The zero-order chi connectivity index (χ0) is 12.7. The van der Waals surface area contributed by atoms with Crippen molar-refractivity contribution in [3.8, 4) is 0 Å². The van der Waals surface area contributed by atoms with Gasteiger partial charge in [-0.25, -0.2) is 0 Å². The lowest BCUT2D eigenvalue weighted by atomic mass is 9.81. The summed E-state index contributed by atoms with van der Waals surface area (Å²) in [7, 11) is 1.44. The predicted octanol–water partition coefficient (Wildman–Crippen LogP) is 2.74. The van der Waals surface area contributed by atoms with Crippen LogP contribution in [0.4, 0.5) is 0 Å². The molecule has 1 saturated carbocycles. The highest BCUT2D eigenvalue weighted by Crippen LogP contribution is 2.29. The molecule has 3 heteroatoms. The van der Waals surface area contributed by atoms with Crippen molar-refractivity contribution in [2.75, 3.05) is 13.7 Å². The fourth-order valence-electron chi connectivity index (χ4n) is 2.56. The Labute approximate surface area is 105 Å². The molecule has 0 aromatic heterocycles. The summed E-state index contributed by atoms with van der Waals surface area (Å²) in [5.41, 5.74) is 0. The van der Waals surface area contributed by atoms with Crippen LogP contribution < -0.4 is 5.32 Å². The molecule has 1 rings (SSSR count). The Balaban J connectivity index is 2.05. The SMILES string of the molecule is COC(=O)CC(C)NCCC1CCC(C)CC1. The number of esters is 1. The molecule has 0 radical (unpaired) electrons. The Morgan fingerprint density at radius 2 is 2.00 bits per heavy atom. The van der Waals surface area contributed by atoms with Crippen LogP contribution in [0.2, 0.25) is 0 Å². The van der Waals surface area contributed by atoms with Crippen molar-refractivity contribution < 1.29 is 9.53 Å². The minimum Gasteiger partial charge on any atom is -0.469 e. The van der Waals surface area contributed by atoms with Crippen molar-refractivity contribution in [2.45, 2.75) is 58.4 Å². The Hall–Kier alpha value is -0.570. The molecule has 0 heterocycles. The van der Waals surface area contributed by atoms with Crippen LogP contribution in [0, 0.1) is 11.8 Å². The lowest BCUT2D eigenvalue weighted by molar-refractivity contribution is -0.141. The van der Waals surface area contributed by atoms with Crippen LogP contribution in [0.25, 0.3) is 0 Å². The molecular formula is C14H27NO2. The Kier molecular flexibility index (Phi) is 6.56. The third kappa shape index (κ3) is 6.06. The highest BCUT2D eigenvalue weighted by molar-refractivity contribution is 5.69. The topological polar surface area (TPSA) is 38.3 Å². The summed E-state index contributed by atoms with van der Waals surface area (Å²) in [6.07, 6.45) is 7.27. The summed E-state index contributed by atoms with van der Waals surface area (Å²) >= 11 is 0. The fraction of sp³-hybridized carbons (Fsp3) is 0.929. The molecule has 0 saturated heterocycles. The van der Waals surface area contributed by atoms with Gasteiger partial charge in [-0.2, -0.15) is 0 Å². The van der Waals surface area contributed by atoms with Crippen LogP contribution in [0.15, 0.2) is 0 Å². The zero-order valence-electron chi connectivity index (χ0n) is 11.5. The summed E-state index contributed by atoms with van der Waals surface area (Å²) in [6.45, 7) is 5.42. The van der Waals surface area contributed by atoms with E-state index < -0.39 is 0 Å². The monoisotopic (exact) mass is 241 g/mol. The van der Waals surface area contributed by atoms with E-state index in [-0.39, 0.29) is 12.0 Å². The minimum atomic E-state index is -0.128. The molecule has 0 spiro atoms. The minimum absolute atomic E-state index is 0.128. The molecule has 0 bridgehead atoms. The van der Waals surface area contributed by atoms with Crippen molar-refractivity contribution >= 4 is 5.97 Å². The second-order valence-electron chi connectivity index (χ2n) is 5.55. The number of ether oxygens (including phenoxy) is 1. The van der Waals surface area contributed by atoms with Gasteiger partial charge in [-0.05, 0) is 31.7 Å². The van der Waals surface area contributed by atoms with Crippen molar-refractivity contribution in [2.24, 2.45) is 11.8 Å². The van der Waals surface area contributed by atoms with Gasteiger partial charge in [0.15, 0.2) is 0 Å². The normalized spacial score (nSPS) is 26.5. The number of hydrogen-bond donors (Lipinski definition) is 1. The first-order valence-corrected chi connectivity index (χ1v) is 6.92. The molecule has 17 heavy (non-hydrogen) atoms. The molecule has 0 aromatic carbocycles. The van der Waals surface area contributed by atoms with Gasteiger partial charge in [0.25, 0.3) is 0 Å². The summed E-state index contributed by atoms with van der Waals surface area (Å²) in [5, 5.41) is 3.41. The molecule has 1 atom stereocenters. The standard InChI is InChI=1S/C14H27NO2/c1-11-4-6-13(7-5-11)8-9-15-12(2)10-14(16)17-3/h11-13,15H,4-10H2,1-3H3. The largest absolute Gasteiger partial charge is 0.469 e. The van der Waals surface area contributed by atoms with E-state index in [2.05, 4.69) is 17.0 Å². The molecule has 0 amide bonds. The van der Waals surface area contributed by atoms with E-state index in [0.29, 0.717) is 6.42 Å². The smallest absolute Gasteiger partial charge is 0.307 e. The second-order valence-corrected chi connectivity index (χ2v) is 5.55.